The largest absolute Gasteiger partial charge is 0.356 e. The highest BCUT2D eigenvalue weighted by atomic mass is 35.5. The zero-order valence-corrected chi connectivity index (χ0v) is 22.5. The fourth-order valence-electron chi connectivity index (χ4n) is 4.16. The lowest BCUT2D eigenvalue weighted by atomic mass is 9.94. The lowest BCUT2D eigenvalue weighted by molar-refractivity contribution is -0.141. The van der Waals surface area contributed by atoms with E-state index in [1.807, 2.05) is 0 Å². The van der Waals surface area contributed by atoms with Crippen molar-refractivity contribution in [2.75, 3.05) is 6.54 Å². The van der Waals surface area contributed by atoms with Crippen LogP contribution in [-0.2, 0) is 24.0 Å². The number of nitrogens with one attached hydrogen (secondary N) is 4. The first-order valence-electron chi connectivity index (χ1n) is 12.7. The van der Waals surface area contributed by atoms with Crippen molar-refractivity contribution in [2.45, 2.75) is 70.5 Å². The summed E-state index contributed by atoms with van der Waals surface area (Å²) in [5.74, 6) is -4.10. The Labute approximate surface area is 226 Å². The van der Waals surface area contributed by atoms with E-state index >= 15 is 0 Å². The molecule has 0 radical (unpaired) electrons. The second-order valence-electron chi connectivity index (χ2n) is 10.9. The number of amides is 4. The fourth-order valence-corrected chi connectivity index (χ4v) is 4.32. The number of benzene rings is 1. The minimum Gasteiger partial charge on any atom is -0.356 e. The number of halogens is 2. The van der Waals surface area contributed by atoms with Gasteiger partial charge in [-0.15, -0.1) is 0 Å². The molecule has 0 bridgehead atoms. The number of ketones is 1. The lowest BCUT2D eigenvalue weighted by Gasteiger charge is -2.25. The Bertz CT molecular complexity index is 1130. The highest BCUT2D eigenvalue weighted by Gasteiger charge is 2.37. The van der Waals surface area contributed by atoms with Crippen LogP contribution in [0.15, 0.2) is 24.3 Å². The predicted octanol–water partition coefficient (Wildman–Crippen LogP) is 2.27. The second-order valence-corrected chi connectivity index (χ2v) is 11.3. The Kier molecular flexibility index (Phi) is 9.65. The van der Waals surface area contributed by atoms with Crippen molar-refractivity contribution in [3.63, 3.8) is 0 Å². The van der Waals surface area contributed by atoms with Gasteiger partial charge in [0.2, 0.25) is 23.5 Å². The Morgan fingerprint density at radius 1 is 1.11 bits per heavy atom. The van der Waals surface area contributed by atoms with Crippen LogP contribution < -0.4 is 21.3 Å². The molecule has 4 N–H and O–H groups in total. The van der Waals surface area contributed by atoms with Crippen LogP contribution in [0, 0.1) is 17.7 Å². The van der Waals surface area contributed by atoms with Crippen molar-refractivity contribution < 1.29 is 28.4 Å². The SMILES string of the molecule is CC(C)(C)NC(=O)C(=O)C(C[C@@H]1CCNC1=O)NC(=O)[C@H](CC1CC1)NC(=O)/C=C/c1ccc(Cl)cc1F. The van der Waals surface area contributed by atoms with Gasteiger partial charge in [-0.25, -0.2) is 4.39 Å². The van der Waals surface area contributed by atoms with Crippen LogP contribution in [0.1, 0.15) is 58.4 Å². The van der Waals surface area contributed by atoms with Gasteiger partial charge in [0, 0.05) is 34.7 Å². The minimum atomic E-state index is -1.24. The van der Waals surface area contributed by atoms with Crippen molar-refractivity contribution in [1.82, 2.24) is 21.3 Å². The summed E-state index contributed by atoms with van der Waals surface area (Å²) in [5.41, 5.74) is -0.525. The van der Waals surface area contributed by atoms with Crippen LogP contribution in [0.25, 0.3) is 6.08 Å². The molecule has 3 rings (SSSR count). The smallest absolute Gasteiger partial charge is 0.290 e. The molecular formula is C27H34ClFN4O5. The van der Waals surface area contributed by atoms with Gasteiger partial charge >= 0.3 is 0 Å². The van der Waals surface area contributed by atoms with Gasteiger partial charge in [-0.1, -0.05) is 30.5 Å². The summed E-state index contributed by atoms with van der Waals surface area (Å²) in [6.07, 6.45) is 4.99. The summed E-state index contributed by atoms with van der Waals surface area (Å²) in [5, 5.41) is 10.7. The molecule has 1 heterocycles. The Balaban J connectivity index is 1.72. The molecule has 1 saturated carbocycles. The molecule has 4 amide bonds. The molecule has 0 aromatic heterocycles. The molecule has 3 atom stereocenters. The summed E-state index contributed by atoms with van der Waals surface area (Å²) in [7, 11) is 0. The first kappa shape index (κ1) is 29.3. The topological polar surface area (TPSA) is 133 Å². The maximum absolute atomic E-state index is 14.0. The van der Waals surface area contributed by atoms with E-state index in [0.717, 1.165) is 25.0 Å². The molecule has 11 heteroatoms. The number of Topliss-reactive ketones (excluding diaryl/α,β-unsaturated/α-hetero) is 1. The molecule has 9 nitrogen and oxygen atoms in total. The first-order chi connectivity index (χ1) is 17.8. The highest BCUT2D eigenvalue weighted by molar-refractivity contribution is 6.38. The first-order valence-corrected chi connectivity index (χ1v) is 13.1. The molecule has 2 fully saturated rings. The Morgan fingerprint density at radius 3 is 2.39 bits per heavy atom. The molecular weight excluding hydrogens is 515 g/mol. The standard InChI is InChI=1S/C27H34ClFN4O5/c1-27(2,3)33-26(38)23(35)20(13-17-10-11-30-24(17)36)32-25(37)21(12-15-4-5-15)31-22(34)9-7-16-6-8-18(28)14-19(16)29/h6-9,14-15,17,20-21H,4-5,10-13H2,1-3H3,(H,30,36)(H,31,34)(H,32,37)(H,33,38)/b9-7+/t17-,20?,21-/m0/s1. The molecule has 1 unspecified atom stereocenters. The van der Waals surface area contributed by atoms with Crippen LogP contribution in [0.5, 0.6) is 0 Å². The van der Waals surface area contributed by atoms with Gasteiger partial charge in [-0.2, -0.15) is 0 Å². The zero-order chi connectivity index (χ0) is 28.0. The zero-order valence-electron chi connectivity index (χ0n) is 21.7. The van der Waals surface area contributed by atoms with Crippen LogP contribution >= 0.6 is 11.6 Å². The average Bonchev–Trinajstić information content (AvgIpc) is 3.55. The number of carbonyl (C=O) groups is 5. The van der Waals surface area contributed by atoms with Crippen LogP contribution in [0.3, 0.4) is 0 Å². The number of hydrogen-bond acceptors (Lipinski definition) is 5. The van der Waals surface area contributed by atoms with E-state index in [4.69, 9.17) is 11.6 Å². The normalized spacial score (nSPS) is 19.0. The molecule has 1 saturated heterocycles. The number of hydrogen-bond donors (Lipinski definition) is 4. The van der Waals surface area contributed by atoms with Crippen LogP contribution in [-0.4, -0.2) is 53.6 Å². The minimum absolute atomic E-state index is 0.0339. The van der Waals surface area contributed by atoms with Gasteiger partial charge in [-0.3, -0.25) is 24.0 Å². The highest BCUT2D eigenvalue weighted by Crippen LogP contribution is 2.33. The Morgan fingerprint density at radius 2 is 1.82 bits per heavy atom. The third-order valence-electron chi connectivity index (χ3n) is 6.30. The summed E-state index contributed by atoms with van der Waals surface area (Å²) in [4.78, 5) is 63.7. The van der Waals surface area contributed by atoms with Crippen LogP contribution in [0.4, 0.5) is 4.39 Å². The quantitative estimate of drug-likeness (QED) is 0.249. The third kappa shape index (κ3) is 8.93. The Hall–Kier alpha value is -3.27. The van der Waals surface area contributed by atoms with Crippen molar-refractivity contribution >= 4 is 47.1 Å². The maximum Gasteiger partial charge on any atom is 0.290 e. The monoisotopic (exact) mass is 548 g/mol. The summed E-state index contributed by atoms with van der Waals surface area (Å²) >= 11 is 5.75. The third-order valence-corrected chi connectivity index (χ3v) is 6.54. The molecule has 38 heavy (non-hydrogen) atoms. The van der Waals surface area contributed by atoms with Crippen LogP contribution in [0.2, 0.25) is 5.02 Å². The van der Waals surface area contributed by atoms with Gasteiger partial charge in [0.1, 0.15) is 11.9 Å². The molecule has 0 spiro atoms. The molecule has 1 aromatic carbocycles. The van der Waals surface area contributed by atoms with Gasteiger partial charge in [0.15, 0.2) is 0 Å². The van der Waals surface area contributed by atoms with Crippen molar-refractivity contribution in [3.8, 4) is 0 Å². The molecule has 1 aliphatic carbocycles. The van der Waals surface area contributed by atoms with E-state index in [1.54, 1.807) is 20.8 Å². The predicted molar refractivity (Wildman–Crippen MR) is 140 cm³/mol. The van der Waals surface area contributed by atoms with Gasteiger partial charge < -0.3 is 21.3 Å². The fraction of sp³-hybridized carbons (Fsp3) is 0.519. The van der Waals surface area contributed by atoms with Crippen molar-refractivity contribution in [2.24, 2.45) is 11.8 Å². The maximum atomic E-state index is 14.0. The van der Waals surface area contributed by atoms with E-state index in [1.165, 1.54) is 18.2 Å². The van der Waals surface area contributed by atoms with Crippen molar-refractivity contribution in [1.29, 1.82) is 0 Å². The second kappa shape index (κ2) is 12.5. The summed E-state index contributed by atoms with van der Waals surface area (Å²) in [6, 6.07) is 1.82. The molecule has 206 valence electrons. The van der Waals surface area contributed by atoms with E-state index in [9.17, 15) is 28.4 Å². The summed E-state index contributed by atoms with van der Waals surface area (Å²) < 4.78 is 14.0. The lowest BCUT2D eigenvalue weighted by Crippen LogP contribution is -2.56. The molecule has 2 aliphatic rings. The number of carbonyl (C=O) groups excluding carboxylic acids is 5. The average molecular weight is 549 g/mol. The van der Waals surface area contributed by atoms with Crippen molar-refractivity contribution in [3.05, 3.63) is 40.7 Å². The molecule has 1 aliphatic heterocycles. The molecule has 1 aromatic rings. The van der Waals surface area contributed by atoms with E-state index < -0.39 is 52.9 Å². The van der Waals surface area contributed by atoms with E-state index in [2.05, 4.69) is 21.3 Å². The summed E-state index contributed by atoms with van der Waals surface area (Å²) in [6.45, 7) is 5.62. The van der Waals surface area contributed by atoms with Gasteiger partial charge in [-0.05, 0) is 64.2 Å². The van der Waals surface area contributed by atoms with E-state index in [-0.39, 0.29) is 28.8 Å². The number of rotatable bonds is 11. The van der Waals surface area contributed by atoms with Gasteiger partial charge in [0.25, 0.3) is 5.91 Å². The van der Waals surface area contributed by atoms with Gasteiger partial charge in [0.05, 0.1) is 6.04 Å². The van der Waals surface area contributed by atoms with E-state index in [0.29, 0.717) is 19.4 Å².